The fourth-order valence-corrected chi connectivity index (χ4v) is 3.15. The average molecular weight is 190 g/mol. The molecule has 0 aromatic heterocycles. The highest BCUT2D eigenvalue weighted by molar-refractivity contribution is 5.94. The van der Waals surface area contributed by atoms with Gasteiger partial charge in [0, 0.05) is 6.42 Å². The highest BCUT2D eigenvalue weighted by Gasteiger charge is 2.44. The summed E-state index contributed by atoms with van der Waals surface area (Å²) in [4.78, 5) is 11.4. The van der Waals surface area contributed by atoms with Crippen molar-refractivity contribution in [1.29, 1.82) is 0 Å². The lowest BCUT2D eigenvalue weighted by Crippen LogP contribution is -2.15. The van der Waals surface area contributed by atoms with Gasteiger partial charge in [-0.15, -0.1) is 0 Å². The van der Waals surface area contributed by atoms with Crippen LogP contribution in [0.15, 0.2) is 23.3 Å². The summed E-state index contributed by atoms with van der Waals surface area (Å²) >= 11 is 0. The highest BCUT2D eigenvalue weighted by Crippen LogP contribution is 2.55. The van der Waals surface area contributed by atoms with Crippen LogP contribution in [-0.4, -0.2) is 5.78 Å². The zero-order valence-corrected chi connectivity index (χ0v) is 9.48. The van der Waals surface area contributed by atoms with Crippen LogP contribution in [0.25, 0.3) is 0 Å². The van der Waals surface area contributed by atoms with E-state index in [4.69, 9.17) is 0 Å². The van der Waals surface area contributed by atoms with E-state index in [1.807, 2.05) is 6.08 Å². The fraction of sp³-hybridized carbons (Fsp3) is 0.615. The Morgan fingerprint density at radius 2 is 1.71 bits per heavy atom. The summed E-state index contributed by atoms with van der Waals surface area (Å²) in [6.45, 7) is 9.06. The summed E-state index contributed by atoms with van der Waals surface area (Å²) in [7, 11) is 0. The van der Waals surface area contributed by atoms with Crippen LogP contribution in [0, 0.1) is 10.8 Å². The Morgan fingerprint density at radius 3 is 2.36 bits per heavy atom. The molecular weight excluding hydrogens is 172 g/mol. The molecule has 1 nitrogen and oxygen atoms in total. The number of allylic oxidation sites excluding steroid dienone is 4. The molecule has 0 spiro atoms. The van der Waals surface area contributed by atoms with Gasteiger partial charge >= 0.3 is 0 Å². The molecule has 1 heteroatoms. The second-order valence-electron chi connectivity index (χ2n) is 5.81. The van der Waals surface area contributed by atoms with E-state index in [9.17, 15) is 4.79 Å². The molecule has 2 aliphatic rings. The molecule has 0 aromatic rings. The minimum Gasteiger partial charge on any atom is -0.294 e. The molecule has 2 aliphatic carbocycles. The predicted octanol–water partition coefficient (Wildman–Crippen LogP) is 3.27. The van der Waals surface area contributed by atoms with Gasteiger partial charge in [-0.05, 0) is 28.9 Å². The third-order valence-electron chi connectivity index (χ3n) is 3.54. The van der Waals surface area contributed by atoms with Crippen LogP contribution in [0.3, 0.4) is 0 Å². The Bertz CT molecular complexity index is 353. The second-order valence-corrected chi connectivity index (χ2v) is 5.81. The Hall–Kier alpha value is -0.850. The summed E-state index contributed by atoms with van der Waals surface area (Å²) < 4.78 is 0. The van der Waals surface area contributed by atoms with E-state index in [1.165, 1.54) is 11.1 Å². The fourth-order valence-electron chi connectivity index (χ4n) is 3.15. The molecule has 2 rings (SSSR count). The summed E-state index contributed by atoms with van der Waals surface area (Å²) in [5, 5.41) is 0. The smallest absolute Gasteiger partial charge is 0.159 e. The molecule has 0 unspecified atom stereocenters. The molecule has 0 fully saturated rings. The maximum atomic E-state index is 11.4. The quantitative estimate of drug-likeness (QED) is 0.573. The maximum absolute atomic E-state index is 11.4. The molecule has 14 heavy (non-hydrogen) atoms. The van der Waals surface area contributed by atoms with Gasteiger partial charge in [-0.25, -0.2) is 0 Å². The van der Waals surface area contributed by atoms with Crippen LogP contribution >= 0.6 is 0 Å². The standard InChI is InChI=1S/C13H18O/c1-12(2)8-13(3,4)11-7-9(14)5-6-10(11)12/h5-6H,7-8H2,1-4H3. The SMILES string of the molecule is CC1(C)CC(C)(C)C2=C1C=CC(=O)C2. The number of rotatable bonds is 0. The van der Waals surface area contributed by atoms with Gasteiger partial charge in [0.25, 0.3) is 0 Å². The molecule has 0 atom stereocenters. The van der Waals surface area contributed by atoms with Crippen molar-refractivity contribution in [2.75, 3.05) is 0 Å². The molecule has 0 saturated carbocycles. The Kier molecular flexibility index (Phi) is 1.79. The summed E-state index contributed by atoms with van der Waals surface area (Å²) in [6, 6.07) is 0. The monoisotopic (exact) mass is 190 g/mol. The number of ketones is 1. The topological polar surface area (TPSA) is 17.1 Å². The summed E-state index contributed by atoms with van der Waals surface area (Å²) in [6.07, 6.45) is 5.57. The molecule has 0 aromatic carbocycles. The minimum atomic E-state index is 0.208. The van der Waals surface area contributed by atoms with Gasteiger partial charge in [-0.3, -0.25) is 4.79 Å². The van der Waals surface area contributed by atoms with E-state index >= 15 is 0 Å². The van der Waals surface area contributed by atoms with E-state index in [0.29, 0.717) is 6.42 Å². The van der Waals surface area contributed by atoms with Crippen molar-refractivity contribution in [3.05, 3.63) is 23.3 Å². The van der Waals surface area contributed by atoms with Crippen LogP contribution in [0.4, 0.5) is 0 Å². The lowest BCUT2D eigenvalue weighted by atomic mass is 9.79. The third kappa shape index (κ3) is 1.26. The van der Waals surface area contributed by atoms with Crippen molar-refractivity contribution >= 4 is 5.78 Å². The van der Waals surface area contributed by atoms with E-state index < -0.39 is 0 Å². The van der Waals surface area contributed by atoms with E-state index in [0.717, 1.165) is 6.42 Å². The first-order valence-corrected chi connectivity index (χ1v) is 5.28. The normalized spacial score (nSPS) is 28.1. The number of carbonyl (C=O) groups excluding carboxylic acids is 1. The van der Waals surface area contributed by atoms with Crippen LogP contribution < -0.4 is 0 Å². The van der Waals surface area contributed by atoms with E-state index in [2.05, 4.69) is 27.7 Å². The van der Waals surface area contributed by atoms with Gasteiger partial charge in [-0.2, -0.15) is 0 Å². The van der Waals surface area contributed by atoms with Gasteiger partial charge in [0.2, 0.25) is 0 Å². The maximum Gasteiger partial charge on any atom is 0.159 e. The molecule has 0 N–H and O–H groups in total. The predicted molar refractivity (Wildman–Crippen MR) is 58.0 cm³/mol. The Balaban J connectivity index is 2.52. The largest absolute Gasteiger partial charge is 0.294 e. The number of hydrogen-bond acceptors (Lipinski definition) is 1. The zero-order chi connectivity index (χ0) is 10.6. The van der Waals surface area contributed by atoms with Crippen LogP contribution in [0.2, 0.25) is 0 Å². The van der Waals surface area contributed by atoms with Crippen LogP contribution in [-0.2, 0) is 4.79 Å². The third-order valence-corrected chi connectivity index (χ3v) is 3.54. The zero-order valence-electron chi connectivity index (χ0n) is 9.48. The Morgan fingerprint density at radius 1 is 1.07 bits per heavy atom. The van der Waals surface area contributed by atoms with Crippen molar-refractivity contribution in [1.82, 2.24) is 0 Å². The molecule has 0 radical (unpaired) electrons. The summed E-state index contributed by atoms with van der Waals surface area (Å²) in [5.41, 5.74) is 3.23. The lowest BCUT2D eigenvalue weighted by Gasteiger charge is -2.25. The molecule has 76 valence electrons. The number of carbonyl (C=O) groups is 1. The highest BCUT2D eigenvalue weighted by atomic mass is 16.1. The minimum absolute atomic E-state index is 0.208. The molecule has 0 amide bonds. The molecule has 0 saturated heterocycles. The second kappa shape index (κ2) is 2.59. The van der Waals surface area contributed by atoms with E-state index in [-0.39, 0.29) is 16.6 Å². The van der Waals surface area contributed by atoms with Gasteiger partial charge in [0.05, 0.1) is 0 Å². The first-order chi connectivity index (χ1) is 6.33. The van der Waals surface area contributed by atoms with Gasteiger partial charge in [0.15, 0.2) is 5.78 Å². The molecule has 0 bridgehead atoms. The first kappa shape index (κ1) is 9.70. The van der Waals surface area contributed by atoms with Gasteiger partial charge < -0.3 is 0 Å². The molecule has 0 heterocycles. The molecular formula is C13H18O. The van der Waals surface area contributed by atoms with E-state index in [1.54, 1.807) is 6.08 Å². The van der Waals surface area contributed by atoms with Gasteiger partial charge in [0.1, 0.15) is 0 Å². The average Bonchev–Trinajstić information content (AvgIpc) is 2.17. The van der Waals surface area contributed by atoms with Crippen LogP contribution in [0.5, 0.6) is 0 Å². The Labute approximate surface area is 85.9 Å². The molecule has 0 aliphatic heterocycles. The van der Waals surface area contributed by atoms with Crippen LogP contribution in [0.1, 0.15) is 40.5 Å². The van der Waals surface area contributed by atoms with Crippen molar-refractivity contribution in [3.63, 3.8) is 0 Å². The first-order valence-electron chi connectivity index (χ1n) is 5.28. The van der Waals surface area contributed by atoms with Crippen molar-refractivity contribution in [3.8, 4) is 0 Å². The number of hydrogen-bond donors (Lipinski definition) is 0. The van der Waals surface area contributed by atoms with Crippen molar-refractivity contribution < 1.29 is 4.79 Å². The van der Waals surface area contributed by atoms with Crippen molar-refractivity contribution in [2.24, 2.45) is 10.8 Å². The lowest BCUT2D eigenvalue weighted by molar-refractivity contribution is -0.114. The van der Waals surface area contributed by atoms with Crippen molar-refractivity contribution in [2.45, 2.75) is 40.5 Å². The summed E-state index contributed by atoms with van der Waals surface area (Å²) in [5.74, 6) is 0.259. The van der Waals surface area contributed by atoms with Gasteiger partial charge in [-0.1, -0.05) is 39.3 Å².